The molecule has 66 valence electrons. The maximum absolute atomic E-state index is 9.45. The molecule has 0 aliphatic rings. The second kappa shape index (κ2) is 3.61. The molecule has 1 nitrogen and oxygen atoms in total. The van der Waals surface area contributed by atoms with Gasteiger partial charge in [-0.25, -0.2) is 0 Å². The van der Waals surface area contributed by atoms with Crippen molar-refractivity contribution in [3.8, 4) is 5.75 Å². The number of hydrogen-bond donors (Lipinski definition) is 1. The Balaban J connectivity index is 3.19. The number of aromatic hydroxyl groups is 1. The highest BCUT2D eigenvalue weighted by Gasteiger charge is 2.02. The Labute approximate surface area is 74.1 Å². The van der Waals surface area contributed by atoms with Crippen molar-refractivity contribution in [2.75, 3.05) is 0 Å². The molecule has 0 aliphatic heterocycles. The van der Waals surface area contributed by atoms with Crippen molar-refractivity contribution in [2.24, 2.45) is 0 Å². The molecule has 1 aromatic rings. The van der Waals surface area contributed by atoms with Gasteiger partial charge < -0.3 is 5.11 Å². The minimum atomic E-state index is 0.420. The maximum atomic E-state index is 9.45. The van der Waals surface area contributed by atoms with Crippen LogP contribution in [0.3, 0.4) is 0 Å². The summed E-state index contributed by atoms with van der Waals surface area (Å²) >= 11 is 0. The van der Waals surface area contributed by atoms with E-state index in [9.17, 15) is 5.11 Å². The topological polar surface area (TPSA) is 20.2 Å². The van der Waals surface area contributed by atoms with Crippen molar-refractivity contribution in [1.29, 1.82) is 0 Å². The zero-order chi connectivity index (χ0) is 9.14. The van der Waals surface area contributed by atoms with E-state index in [4.69, 9.17) is 0 Å². The number of hydrogen-bond acceptors (Lipinski definition) is 1. The molecule has 0 spiro atoms. The highest BCUT2D eigenvalue weighted by molar-refractivity contribution is 5.41. The van der Waals surface area contributed by atoms with E-state index >= 15 is 0 Å². The van der Waals surface area contributed by atoms with Gasteiger partial charge >= 0.3 is 0 Å². The van der Waals surface area contributed by atoms with Crippen LogP contribution in [0.1, 0.15) is 30.5 Å². The minimum absolute atomic E-state index is 0.420. The lowest BCUT2D eigenvalue weighted by Gasteiger charge is -2.08. The van der Waals surface area contributed by atoms with Crippen LogP contribution >= 0.6 is 0 Å². The number of rotatable bonds is 2. The van der Waals surface area contributed by atoms with Gasteiger partial charge in [-0.2, -0.15) is 0 Å². The van der Waals surface area contributed by atoms with E-state index in [2.05, 4.69) is 19.9 Å². The molecule has 1 rings (SSSR count). The summed E-state index contributed by atoms with van der Waals surface area (Å²) in [6.07, 6.45) is 2.04. The fourth-order valence-corrected chi connectivity index (χ4v) is 1.46. The second-order valence-electron chi connectivity index (χ2n) is 3.11. The zero-order valence-corrected chi connectivity index (χ0v) is 8.02. The van der Waals surface area contributed by atoms with Crippen LogP contribution in [0.15, 0.2) is 12.1 Å². The van der Waals surface area contributed by atoms with Crippen LogP contribution in [-0.2, 0) is 12.8 Å². The Morgan fingerprint density at radius 2 is 1.58 bits per heavy atom. The first-order valence-corrected chi connectivity index (χ1v) is 4.50. The predicted octanol–water partition coefficient (Wildman–Crippen LogP) is 2.83. The summed E-state index contributed by atoms with van der Waals surface area (Å²) in [5.41, 5.74) is 3.59. The van der Waals surface area contributed by atoms with Gasteiger partial charge in [-0.1, -0.05) is 19.9 Å². The molecule has 12 heavy (non-hydrogen) atoms. The average Bonchev–Trinajstić information content (AvgIpc) is 2.09. The standard InChI is InChI=1S/C11H16O/c1-4-9-6-8(3)11(12)7-10(9)5-2/h6-7,12H,4-5H2,1-3H3. The summed E-state index contributed by atoms with van der Waals surface area (Å²) in [4.78, 5) is 0. The molecule has 0 aliphatic carbocycles. The summed E-state index contributed by atoms with van der Waals surface area (Å²) in [7, 11) is 0. The normalized spacial score (nSPS) is 10.2. The molecule has 0 saturated heterocycles. The van der Waals surface area contributed by atoms with E-state index in [1.807, 2.05) is 13.0 Å². The largest absolute Gasteiger partial charge is 0.508 e. The van der Waals surface area contributed by atoms with Gasteiger partial charge in [0.2, 0.25) is 0 Å². The molecule has 0 amide bonds. The zero-order valence-electron chi connectivity index (χ0n) is 8.02. The summed E-state index contributed by atoms with van der Waals surface area (Å²) < 4.78 is 0. The fraction of sp³-hybridized carbons (Fsp3) is 0.455. The Hall–Kier alpha value is -0.980. The number of aryl methyl sites for hydroxylation is 3. The van der Waals surface area contributed by atoms with E-state index in [-0.39, 0.29) is 0 Å². The molecule has 0 saturated carbocycles. The van der Waals surface area contributed by atoms with Gasteiger partial charge in [0.25, 0.3) is 0 Å². The van der Waals surface area contributed by atoms with Crippen molar-refractivity contribution in [3.63, 3.8) is 0 Å². The molecule has 1 heteroatoms. The van der Waals surface area contributed by atoms with Crippen molar-refractivity contribution < 1.29 is 5.11 Å². The lowest BCUT2D eigenvalue weighted by molar-refractivity contribution is 0.470. The molecule has 0 bridgehead atoms. The molecular formula is C11H16O. The van der Waals surface area contributed by atoms with Gasteiger partial charge in [-0.3, -0.25) is 0 Å². The van der Waals surface area contributed by atoms with Crippen molar-refractivity contribution in [2.45, 2.75) is 33.6 Å². The number of benzene rings is 1. The lowest BCUT2D eigenvalue weighted by Crippen LogP contribution is -1.91. The molecule has 1 N–H and O–H groups in total. The fourth-order valence-electron chi connectivity index (χ4n) is 1.46. The molecular weight excluding hydrogens is 148 g/mol. The second-order valence-corrected chi connectivity index (χ2v) is 3.11. The highest BCUT2D eigenvalue weighted by Crippen LogP contribution is 2.22. The third-order valence-electron chi connectivity index (χ3n) is 2.28. The van der Waals surface area contributed by atoms with Gasteiger partial charge in [0.15, 0.2) is 0 Å². The Morgan fingerprint density at radius 3 is 2.08 bits per heavy atom. The average molecular weight is 164 g/mol. The van der Waals surface area contributed by atoms with Gasteiger partial charge in [0, 0.05) is 0 Å². The van der Waals surface area contributed by atoms with Crippen LogP contribution in [0.5, 0.6) is 5.75 Å². The van der Waals surface area contributed by atoms with Crippen molar-refractivity contribution >= 4 is 0 Å². The van der Waals surface area contributed by atoms with Crippen molar-refractivity contribution in [3.05, 3.63) is 28.8 Å². The van der Waals surface area contributed by atoms with E-state index in [0.717, 1.165) is 18.4 Å². The van der Waals surface area contributed by atoms with Crippen LogP contribution in [-0.4, -0.2) is 5.11 Å². The molecule has 0 atom stereocenters. The van der Waals surface area contributed by atoms with Crippen LogP contribution in [0.25, 0.3) is 0 Å². The molecule has 0 aromatic heterocycles. The molecule has 0 unspecified atom stereocenters. The summed E-state index contributed by atoms with van der Waals surface area (Å²) in [6.45, 7) is 6.20. The van der Waals surface area contributed by atoms with E-state index < -0.39 is 0 Å². The smallest absolute Gasteiger partial charge is 0.118 e. The molecule has 1 aromatic carbocycles. The van der Waals surface area contributed by atoms with E-state index in [0.29, 0.717) is 5.75 Å². The van der Waals surface area contributed by atoms with Crippen LogP contribution in [0, 0.1) is 6.92 Å². The van der Waals surface area contributed by atoms with E-state index in [1.165, 1.54) is 11.1 Å². The first kappa shape index (κ1) is 9.11. The molecule has 0 heterocycles. The third kappa shape index (κ3) is 1.60. The van der Waals surface area contributed by atoms with Crippen molar-refractivity contribution in [1.82, 2.24) is 0 Å². The minimum Gasteiger partial charge on any atom is -0.508 e. The van der Waals surface area contributed by atoms with Gasteiger partial charge in [0.05, 0.1) is 0 Å². The first-order valence-electron chi connectivity index (χ1n) is 4.50. The number of phenols is 1. The lowest BCUT2D eigenvalue weighted by atomic mass is 10.00. The summed E-state index contributed by atoms with van der Waals surface area (Å²) in [5.74, 6) is 0.420. The van der Waals surface area contributed by atoms with E-state index in [1.54, 1.807) is 0 Å². The van der Waals surface area contributed by atoms with Crippen LogP contribution < -0.4 is 0 Å². The monoisotopic (exact) mass is 164 g/mol. The van der Waals surface area contributed by atoms with Crippen LogP contribution in [0.2, 0.25) is 0 Å². The molecule has 0 fully saturated rings. The Bertz CT molecular complexity index is 248. The van der Waals surface area contributed by atoms with Gasteiger partial charge in [-0.15, -0.1) is 0 Å². The Kier molecular flexibility index (Phi) is 2.74. The first-order chi connectivity index (χ1) is 5.69. The summed E-state index contributed by atoms with van der Waals surface area (Å²) in [6, 6.07) is 3.96. The third-order valence-corrected chi connectivity index (χ3v) is 2.28. The maximum Gasteiger partial charge on any atom is 0.118 e. The van der Waals surface area contributed by atoms with Gasteiger partial charge in [0.1, 0.15) is 5.75 Å². The molecule has 0 radical (unpaired) electrons. The van der Waals surface area contributed by atoms with Gasteiger partial charge in [-0.05, 0) is 42.5 Å². The number of phenolic OH excluding ortho intramolecular Hbond substituents is 1. The Morgan fingerprint density at radius 1 is 1.08 bits per heavy atom. The highest BCUT2D eigenvalue weighted by atomic mass is 16.3. The SMILES string of the molecule is CCc1cc(C)c(O)cc1CC. The van der Waals surface area contributed by atoms with Crippen LogP contribution in [0.4, 0.5) is 0 Å². The quantitative estimate of drug-likeness (QED) is 0.712. The predicted molar refractivity (Wildman–Crippen MR) is 51.6 cm³/mol. The summed E-state index contributed by atoms with van der Waals surface area (Å²) in [5, 5.41) is 9.45.